The summed E-state index contributed by atoms with van der Waals surface area (Å²) >= 11 is 5.93. The number of halogens is 1. The fraction of sp³-hybridized carbons (Fsp3) is 0.417. The van der Waals surface area contributed by atoms with E-state index in [9.17, 15) is 4.79 Å². The molecule has 0 bridgehead atoms. The second-order valence-corrected chi connectivity index (χ2v) is 4.30. The van der Waals surface area contributed by atoms with Crippen LogP contribution in [0.15, 0.2) is 12.3 Å². The van der Waals surface area contributed by atoms with Crippen LogP contribution in [0.2, 0.25) is 5.02 Å². The van der Waals surface area contributed by atoms with Crippen LogP contribution in [-0.4, -0.2) is 42.6 Å². The van der Waals surface area contributed by atoms with Gasteiger partial charge in [-0.1, -0.05) is 11.6 Å². The minimum absolute atomic E-state index is 0.249. The summed E-state index contributed by atoms with van der Waals surface area (Å²) < 4.78 is 4.95. The number of carbonyl (C=O) groups excluding carboxylic acids is 1. The smallest absolute Gasteiger partial charge is 0.255 e. The molecule has 3 N–H and O–H groups in total. The number of rotatable bonds is 7. The zero-order valence-electron chi connectivity index (χ0n) is 11.1. The third kappa shape index (κ3) is 4.35. The molecule has 0 aliphatic rings. The minimum atomic E-state index is -0.254. The highest BCUT2D eigenvalue weighted by molar-refractivity contribution is 6.33. The second kappa shape index (κ2) is 8.32. The molecule has 1 rings (SSSR count). The van der Waals surface area contributed by atoms with Crippen LogP contribution in [-0.2, 0) is 4.74 Å². The average Bonchev–Trinajstić information content (AvgIpc) is 2.46. The number of nitriles is 1. The number of hydrogen-bond donors (Lipinski definition) is 2. The molecule has 0 aliphatic heterocycles. The molecule has 0 aliphatic carbocycles. The van der Waals surface area contributed by atoms with Crippen LogP contribution in [0.1, 0.15) is 16.8 Å². The molecular formula is C12H16ClN5O2. The van der Waals surface area contributed by atoms with Crippen molar-refractivity contribution in [1.82, 2.24) is 9.88 Å². The van der Waals surface area contributed by atoms with E-state index in [2.05, 4.69) is 10.4 Å². The van der Waals surface area contributed by atoms with Gasteiger partial charge in [0.1, 0.15) is 0 Å². The molecule has 0 unspecified atom stereocenters. The highest BCUT2D eigenvalue weighted by Gasteiger charge is 2.17. The van der Waals surface area contributed by atoms with Gasteiger partial charge in [0, 0.05) is 26.4 Å². The first-order chi connectivity index (χ1) is 9.63. The lowest BCUT2D eigenvalue weighted by Crippen LogP contribution is -2.34. The first kappa shape index (κ1) is 16.2. The van der Waals surface area contributed by atoms with Gasteiger partial charge in [-0.2, -0.15) is 5.26 Å². The Morgan fingerprint density at radius 1 is 1.65 bits per heavy atom. The molecule has 0 radical (unpaired) electrons. The quantitative estimate of drug-likeness (QED) is 0.575. The van der Waals surface area contributed by atoms with Crippen molar-refractivity contribution in [3.8, 4) is 6.07 Å². The van der Waals surface area contributed by atoms with Gasteiger partial charge in [-0.3, -0.25) is 4.79 Å². The molecular weight excluding hydrogens is 282 g/mol. The molecule has 20 heavy (non-hydrogen) atoms. The van der Waals surface area contributed by atoms with Gasteiger partial charge in [-0.15, -0.1) is 0 Å². The summed E-state index contributed by atoms with van der Waals surface area (Å²) in [4.78, 5) is 17.8. The van der Waals surface area contributed by atoms with E-state index in [1.807, 2.05) is 6.07 Å². The van der Waals surface area contributed by atoms with Crippen molar-refractivity contribution >= 4 is 23.3 Å². The number of nitrogens with zero attached hydrogens (tertiary/aromatic N) is 3. The molecule has 0 spiro atoms. The standard InChI is InChI=1S/C12H16ClN5O2/c1-20-6-5-18(4-2-3-14)12(19)9-7-10(13)11(17-15)16-8-9/h7-8H,2,4-6,15H2,1H3,(H,16,17). The number of nitrogens with two attached hydrogens (primary N) is 1. The van der Waals surface area contributed by atoms with Gasteiger partial charge in [0.25, 0.3) is 5.91 Å². The zero-order valence-corrected chi connectivity index (χ0v) is 11.9. The third-order valence-corrected chi connectivity index (χ3v) is 2.86. The average molecular weight is 298 g/mol. The second-order valence-electron chi connectivity index (χ2n) is 3.89. The minimum Gasteiger partial charge on any atom is -0.383 e. The van der Waals surface area contributed by atoms with Crippen molar-refractivity contribution in [3.05, 3.63) is 22.8 Å². The molecule has 1 amide bonds. The molecule has 7 nitrogen and oxygen atoms in total. The number of hydrogen-bond acceptors (Lipinski definition) is 6. The lowest BCUT2D eigenvalue weighted by Gasteiger charge is -2.21. The molecule has 0 saturated carbocycles. The number of ether oxygens (including phenoxy) is 1. The van der Waals surface area contributed by atoms with E-state index in [0.717, 1.165) is 0 Å². The van der Waals surface area contributed by atoms with Gasteiger partial charge in [0.2, 0.25) is 0 Å². The Morgan fingerprint density at radius 2 is 2.40 bits per heavy atom. The van der Waals surface area contributed by atoms with E-state index < -0.39 is 0 Å². The number of nitrogen functional groups attached to an aromatic ring is 1. The normalized spacial score (nSPS) is 9.90. The number of aromatic nitrogens is 1. The van der Waals surface area contributed by atoms with Crippen LogP contribution >= 0.6 is 11.6 Å². The number of nitrogens with one attached hydrogen (secondary N) is 1. The van der Waals surface area contributed by atoms with Crippen molar-refractivity contribution in [3.63, 3.8) is 0 Å². The summed E-state index contributed by atoms with van der Waals surface area (Å²) in [6.45, 7) is 1.11. The lowest BCUT2D eigenvalue weighted by molar-refractivity contribution is 0.0699. The molecule has 8 heteroatoms. The zero-order chi connectivity index (χ0) is 15.0. The Hall–Kier alpha value is -1.88. The number of carbonyl (C=O) groups is 1. The molecule has 0 fully saturated rings. The van der Waals surface area contributed by atoms with Crippen LogP contribution in [0, 0.1) is 11.3 Å². The largest absolute Gasteiger partial charge is 0.383 e. The van der Waals surface area contributed by atoms with Crippen LogP contribution in [0.5, 0.6) is 0 Å². The Kier molecular flexibility index (Phi) is 6.73. The maximum Gasteiger partial charge on any atom is 0.255 e. The number of amides is 1. The maximum atomic E-state index is 12.3. The van der Waals surface area contributed by atoms with Gasteiger partial charge in [-0.25, -0.2) is 10.8 Å². The molecule has 108 valence electrons. The van der Waals surface area contributed by atoms with E-state index in [-0.39, 0.29) is 17.4 Å². The number of anilines is 1. The highest BCUT2D eigenvalue weighted by Crippen LogP contribution is 2.19. The topological polar surface area (TPSA) is 104 Å². The van der Waals surface area contributed by atoms with Crippen molar-refractivity contribution in [2.75, 3.05) is 32.2 Å². The summed E-state index contributed by atoms with van der Waals surface area (Å²) in [6, 6.07) is 3.49. The molecule has 0 saturated heterocycles. The number of methoxy groups -OCH3 is 1. The SMILES string of the molecule is COCCN(CCC#N)C(=O)c1cnc(NN)c(Cl)c1. The van der Waals surface area contributed by atoms with Crippen LogP contribution in [0.3, 0.4) is 0 Å². The van der Waals surface area contributed by atoms with Crippen molar-refractivity contribution < 1.29 is 9.53 Å². The highest BCUT2D eigenvalue weighted by atomic mass is 35.5. The Balaban J connectivity index is 2.87. The number of hydrazine groups is 1. The predicted octanol–water partition coefficient (Wildman–Crippen LogP) is 1.02. The Labute approximate surface area is 122 Å². The van der Waals surface area contributed by atoms with Crippen molar-refractivity contribution in [1.29, 1.82) is 5.26 Å². The van der Waals surface area contributed by atoms with E-state index >= 15 is 0 Å². The molecule has 1 heterocycles. The van der Waals surface area contributed by atoms with Crippen LogP contribution in [0.25, 0.3) is 0 Å². The van der Waals surface area contributed by atoms with Gasteiger partial charge in [0.05, 0.1) is 29.7 Å². The summed E-state index contributed by atoms with van der Waals surface area (Å²) in [5.41, 5.74) is 2.66. The predicted molar refractivity (Wildman–Crippen MR) is 75.1 cm³/mol. The van der Waals surface area contributed by atoms with Gasteiger partial charge >= 0.3 is 0 Å². The first-order valence-electron chi connectivity index (χ1n) is 5.91. The van der Waals surface area contributed by atoms with Gasteiger partial charge in [0.15, 0.2) is 5.82 Å². The Bertz CT molecular complexity index is 503. The first-order valence-corrected chi connectivity index (χ1v) is 6.29. The maximum absolute atomic E-state index is 12.3. The van der Waals surface area contributed by atoms with Crippen molar-refractivity contribution in [2.24, 2.45) is 5.84 Å². The fourth-order valence-electron chi connectivity index (χ4n) is 1.54. The molecule has 0 aromatic carbocycles. The monoisotopic (exact) mass is 297 g/mol. The van der Waals surface area contributed by atoms with Crippen LogP contribution < -0.4 is 11.3 Å². The molecule has 1 aromatic rings. The van der Waals surface area contributed by atoms with Gasteiger partial charge in [-0.05, 0) is 6.07 Å². The summed E-state index contributed by atoms with van der Waals surface area (Å²) in [5.74, 6) is 5.26. The lowest BCUT2D eigenvalue weighted by atomic mass is 10.2. The van der Waals surface area contributed by atoms with Crippen LogP contribution in [0.4, 0.5) is 5.82 Å². The summed E-state index contributed by atoms with van der Waals surface area (Å²) in [7, 11) is 1.55. The Morgan fingerprint density at radius 3 is 2.95 bits per heavy atom. The van der Waals surface area contributed by atoms with E-state index in [1.54, 1.807) is 7.11 Å². The van der Waals surface area contributed by atoms with E-state index in [4.69, 9.17) is 27.4 Å². The van der Waals surface area contributed by atoms with E-state index in [1.165, 1.54) is 17.2 Å². The van der Waals surface area contributed by atoms with Gasteiger partial charge < -0.3 is 15.1 Å². The summed E-state index contributed by atoms with van der Waals surface area (Å²) in [6.07, 6.45) is 1.63. The third-order valence-electron chi connectivity index (χ3n) is 2.57. The fourth-order valence-corrected chi connectivity index (χ4v) is 1.77. The molecule has 0 atom stereocenters. The summed E-state index contributed by atoms with van der Waals surface area (Å²) in [5, 5.41) is 8.89. The molecule has 1 aromatic heterocycles. The number of pyridine rings is 1. The van der Waals surface area contributed by atoms with Crippen molar-refractivity contribution in [2.45, 2.75) is 6.42 Å². The van der Waals surface area contributed by atoms with E-state index in [0.29, 0.717) is 31.1 Å².